The predicted molar refractivity (Wildman–Crippen MR) is 93.9 cm³/mol. The summed E-state index contributed by atoms with van der Waals surface area (Å²) in [5, 5.41) is 3.30. The third-order valence-electron chi connectivity index (χ3n) is 4.03. The summed E-state index contributed by atoms with van der Waals surface area (Å²) in [5.41, 5.74) is 1.54. The third-order valence-corrected chi connectivity index (χ3v) is 5.08. The Morgan fingerprint density at radius 3 is 2.83 bits per heavy atom. The highest BCUT2D eigenvalue weighted by molar-refractivity contribution is 7.17. The molecule has 3 rings (SSSR count). The lowest BCUT2D eigenvalue weighted by molar-refractivity contribution is -0.115. The summed E-state index contributed by atoms with van der Waals surface area (Å²) in [7, 11) is 1.58. The molecule has 0 saturated carbocycles. The molecule has 2 aromatic rings. The molecule has 0 bridgehead atoms. The molecule has 1 aromatic carbocycles. The standard InChI is InChI=1S/C18H20N2O3S/c1-18(2)9-12-16(13(21)10-18)24-17(19-12)20-15(22)8-11-6-4-5-7-14(11)23-3/h4-7H,8-10H2,1-3H3,(H,19,20,22). The monoisotopic (exact) mass is 344 g/mol. The summed E-state index contributed by atoms with van der Waals surface area (Å²) in [6.45, 7) is 4.13. The molecule has 0 fully saturated rings. The van der Waals surface area contributed by atoms with Crippen LogP contribution in [0.4, 0.5) is 5.13 Å². The average molecular weight is 344 g/mol. The van der Waals surface area contributed by atoms with Crippen molar-refractivity contribution in [1.29, 1.82) is 0 Å². The number of ether oxygens (including phenoxy) is 1. The Hall–Kier alpha value is -2.21. The Balaban J connectivity index is 1.73. The molecule has 5 nitrogen and oxygen atoms in total. The van der Waals surface area contributed by atoms with E-state index >= 15 is 0 Å². The highest BCUT2D eigenvalue weighted by Gasteiger charge is 2.34. The summed E-state index contributed by atoms with van der Waals surface area (Å²) >= 11 is 1.27. The number of methoxy groups -OCH3 is 1. The SMILES string of the molecule is COc1ccccc1CC(=O)Nc1nc2c(s1)C(=O)CC(C)(C)C2. The van der Waals surface area contributed by atoms with Gasteiger partial charge in [-0.25, -0.2) is 4.98 Å². The van der Waals surface area contributed by atoms with Gasteiger partial charge in [-0.1, -0.05) is 43.4 Å². The fraction of sp³-hybridized carbons (Fsp3) is 0.389. The van der Waals surface area contributed by atoms with Crippen LogP contribution in [0.15, 0.2) is 24.3 Å². The first-order valence-electron chi connectivity index (χ1n) is 7.82. The average Bonchev–Trinajstić information content (AvgIpc) is 2.88. The lowest BCUT2D eigenvalue weighted by Crippen LogP contribution is -2.26. The van der Waals surface area contributed by atoms with E-state index in [1.54, 1.807) is 7.11 Å². The first-order valence-corrected chi connectivity index (χ1v) is 8.64. The molecule has 0 saturated heterocycles. The number of amides is 1. The summed E-state index contributed by atoms with van der Waals surface area (Å²) in [6.07, 6.45) is 1.48. The van der Waals surface area contributed by atoms with Crippen LogP contribution in [0.1, 0.15) is 41.2 Å². The predicted octanol–water partition coefficient (Wildman–Crippen LogP) is 3.49. The van der Waals surface area contributed by atoms with E-state index in [9.17, 15) is 9.59 Å². The maximum absolute atomic E-state index is 12.3. The molecule has 1 aromatic heterocycles. The van der Waals surface area contributed by atoms with E-state index in [2.05, 4.69) is 24.1 Å². The zero-order chi connectivity index (χ0) is 17.3. The molecule has 126 valence electrons. The number of fused-ring (bicyclic) bond motifs is 1. The Kier molecular flexibility index (Phi) is 4.41. The maximum Gasteiger partial charge on any atom is 0.230 e. The van der Waals surface area contributed by atoms with Crippen molar-refractivity contribution in [1.82, 2.24) is 4.98 Å². The Morgan fingerprint density at radius 2 is 2.08 bits per heavy atom. The smallest absolute Gasteiger partial charge is 0.230 e. The Labute approximate surface area is 145 Å². The minimum absolute atomic E-state index is 0.0726. The number of ketones is 1. The van der Waals surface area contributed by atoms with Gasteiger partial charge in [-0.15, -0.1) is 0 Å². The fourth-order valence-corrected chi connectivity index (χ4v) is 3.89. The van der Waals surface area contributed by atoms with Crippen molar-refractivity contribution in [2.75, 3.05) is 12.4 Å². The van der Waals surface area contributed by atoms with Gasteiger partial charge >= 0.3 is 0 Å². The summed E-state index contributed by atoms with van der Waals surface area (Å²) in [5.74, 6) is 0.629. The second kappa shape index (κ2) is 6.36. The molecule has 6 heteroatoms. The van der Waals surface area contributed by atoms with Crippen LogP contribution in [0, 0.1) is 5.41 Å². The lowest BCUT2D eigenvalue weighted by Gasteiger charge is -2.26. The number of carbonyl (C=O) groups is 2. The molecule has 1 aliphatic carbocycles. The van der Waals surface area contributed by atoms with Crippen LogP contribution in [0.3, 0.4) is 0 Å². The van der Waals surface area contributed by atoms with Crippen molar-refractivity contribution in [3.05, 3.63) is 40.4 Å². The molecule has 0 spiro atoms. The van der Waals surface area contributed by atoms with E-state index in [1.165, 1.54) is 11.3 Å². The number of para-hydroxylation sites is 1. The number of carbonyl (C=O) groups excluding carboxylic acids is 2. The van der Waals surface area contributed by atoms with Crippen LogP contribution in [0.25, 0.3) is 0 Å². The zero-order valence-electron chi connectivity index (χ0n) is 14.0. The van der Waals surface area contributed by atoms with Crippen molar-refractivity contribution in [3.63, 3.8) is 0 Å². The molecule has 24 heavy (non-hydrogen) atoms. The van der Waals surface area contributed by atoms with E-state index in [-0.39, 0.29) is 23.5 Å². The molecule has 1 aliphatic rings. The van der Waals surface area contributed by atoms with Gasteiger partial charge in [-0.2, -0.15) is 0 Å². The van der Waals surface area contributed by atoms with Gasteiger partial charge in [0.15, 0.2) is 10.9 Å². The minimum atomic E-state index is -0.169. The Bertz CT molecular complexity index is 795. The van der Waals surface area contributed by atoms with Gasteiger partial charge in [-0.3, -0.25) is 9.59 Å². The van der Waals surface area contributed by atoms with Crippen molar-refractivity contribution in [3.8, 4) is 5.75 Å². The number of rotatable bonds is 4. The summed E-state index contributed by atoms with van der Waals surface area (Å²) in [4.78, 5) is 29.6. The highest BCUT2D eigenvalue weighted by Crippen LogP contribution is 2.38. The number of hydrogen-bond acceptors (Lipinski definition) is 5. The number of anilines is 1. The van der Waals surface area contributed by atoms with Crippen LogP contribution in [-0.4, -0.2) is 23.8 Å². The molecule has 0 aliphatic heterocycles. The molecule has 1 heterocycles. The van der Waals surface area contributed by atoms with Gasteiger partial charge < -0.3 is 10.1 Å². The number of benzene rings is 1. The van der Waals surface area contributed by atoms with Gasteiger partial charge in [0, 0.05) is 12.0 Å². The minimum Gasteiger partial charge on any atom is -0.496 e. The fourth-order valence-electron chi connectivity index (χ4n) is 2.96. The first-order chi connectivity index (χ1) is 11.4. The number of thiazole rings is 1. The van der Waals surface area contributed by atoms with E-state index in [0.29, 0.717) is 22.2 Å². The van der Waals surface area contributed by atoms with Crippen LogP contribution >= 0.6 is 11.3 Å². The lowest BCUT2D eigenvalue weighted by atomic mass is 9.78. The molecule has 0 atom stereocenters. The van der Waals surface area contributed by atoms with Crippen molar-refractivity contribution in [2.24, 2.45) is 5.41 Å². The summed E-state index contributed by atoms with van der Waals surface area (Å²) < 4.78 is 5.26. The van der Waals surface area contributed by atoms with Gasteiger partial charge in [0.1, 0.15) is 5.75 Å². The maximum atomic E-state index is 12.3. The van der Waals surface area contributed by atoms with E-state index in [1.807, 2.05) is 24.3 Å². The van der Waals surface area contributed by atoms with Crippen LogP contribution < -0.4 is 10.1 Å². The van der Waals surface area contributed by atoms with Gasteiger partial charge in [-0.05, 0) is 17.9 Å². The van der Waals surface area contributed by atoms with E-state index in [0.717, 1.165) is 17.7 Å². The third kappa shape index (κ3) is 3.48. The van der Waals surface area contributed by atoms with Crippen LogP contribution in [-0.2, 0) is 17.6 Å². The summed E-state index contributed by atoms with van der Waals surface area (Å²) in [6, 6.07) is 7.42. The number of Topliss-reactive ketones (excluding diaryl/α,β-unsaturated/α-hetero) is 1. The second-order valence-corrected chi connectivity index (χ2v) is 7.77. The topological polar surface area (TPSA) is 68.3 Å². The highest BCUT2D eigenvalue weighted by atomic mass is 32.1. The molecule has 0 radical (unpaired) electrons. The molecule has 1 amide bonds. The van der Waals surface area contributed by atoms with Crippen molar-refractivity contribution >= 4 is 28.2 Å². The number of nitrogens with zero attached hydrogens (tertiary/aromatic N) is 1. The van der Waals surface area contributed by atoms with Crippen LogP contribution in [0.2, 0.25) is 0 Å². The van der Waals surface area contributed by atoms with E-state index in [4.69, 9.17) is 4.74 Å². The molecular formula is C18H20N2O3S. The normalized spacial score (nSPS) is 15.7. The molecule has 1 N–H and O–H groups in total. The van der Waals surface area contributed by atoms with Gasteiger partial charge in [0.25, 0.3) is 0 Å². The van der Waals surface area contributed by atoms with E-state index < -0.39 is 0 Å². The zero-order valence-corrected chi connectivity index (χ0v) is 14.8. The number of nitrogens with one attached hydrogen (secondary N) is 1. The number of aromatic nitrogens is 1. The molecular weight excluding hydrogens is 324 g/mol. The molecule has 0 unspecified atom stereocenters. The first kappa shape index (κ1) is 16.6. The van der Waals surface area contributed by atoms with Crippen LogP contribution in [0.5, 0.6) is 5.75 Å². The Morgan fingerprint density at radius 1 is 1.33 bits per heavy atom. The van der Waals surface area contributed by atoms with Crippen molar-refractivity contribution in [2.45, 2.75) is 33.1 Å². The van der Waals surface area contributed by atoms with Crippen molar-refractivity contribution < 1.29 is 14.3 Å². The van der Waals surface area contributed by atoms with Gasteiger partial charge in [0.05, 0.1) is 24.1 Å². The number of hydrogen-bond donors (Lipinski definition) is 1. The second-order valence-electron chi connectivity index (χ2n) is 6.77. The largest absolute Gasteiger partial charge is 0.496 e. The van der Waals surface area contributed by atoms with Gasteiger partial charge in [0.2, 0.25) is 5.91 Å². The quantitative estimate of drug-likeness (QED) is 0.922.